The van der Waals surface area contributed by atoms with E-state index in [2.05, 4.69) is 15.3 Å². The number of nitrogens with one attached hydrogen (secondary N) is 1. The average Bonchev–Trinajstić information content (AvgIpc) is 2.66. The predicted octanol–water partition coefficient (Wildman–Crippen LogP) is 1.36. The van der Waals surface area contributed by atoms with Crippen LogP contribution in [0.5, 0.6) is 0 Å². The fourth-order valence-electron chi connectivity index (χ4n) is 0.715. The van der Waals surface area contributed by atoms with Crippen molar-refractivity contribution in [1.29, 1.82) is 0 Å². The van der Waals surface area contributed by atoms with Gasteiger partial charge in [0.2, 0.25) is 0 Å². The number of hydrogen-bond donors (Lipinski definition) is 1. The molecule has 0 spiro atoms. The van der Waals surface area contributed by atoms with Gasteiger partial charge >= 0.3 is 6.09 Å². The second-order valence-electron chi connectivity index (χ2n) is 2.28. The van der Waals surface area contributed by atoms with Crippen molar-refractivity contribution in [2.24, 2.45) is 5.10 Å². The predicted molar refractivity (Wildman–Crippen MR) is 46.5 cm³/mol. The molecule has 1 N–H and O–H groups in total. The van der Waals surface area contributed by atoms with Crippen LogP contribution in [0.25, 0.3) is 0 Å². The maximum atomic E-state index is 10.6. The molecule has 1 heterocycles. The molecular formula is C8H10N2O3. The quantitative estimate of drug-likeness (QED) is 0.554. The molecule has 0 saturated carbocycles. The molecule has 0 atom stereocenters. The number of methoxy groups -OCH3 is 1. The van der Waals surface area contributed by atoms with Crippen LogP contribution in [-0.2, 0) is 4.74 Å². The van der Waals surface area contributed by atoms with Crippen molar-refractivity contribution in [3.63, 3.8) is 0 Å². The number of furan rings is 1. The highest BCUT2D eigenvalue weighted by molar-refractivity contribution is 5.96. The summed E-state index contributed by atoms with van der Waals surface area (Å²) >= 11 is 0. The molecule has 0 radical (unpaired) electrons. The van der Waals surface area contributed by atoms with Crippen molar-refractivity contribution in [3.05, 3.63) is 24.2 Å². The van der Waals surface area contributed by atoms with Gasteiger partial charge in [-0.15, -0.1) is 0 Å². The van der Waals surface area contributed by atoms with Gasteiger partial charge in [0.05, 0.1) is 13.4 Å². The van der Waals surface area contributed by atoms with Crippen molar-refractivity contribution in [2.45, 2.75) is 6.92 Å². The van der Waals surface area contributed by atoms with Gasteiger partial charge in [-0.1, -0.05) is 0 Å². The Balaban J connectivity index is 2.57. The molecule has 1 rings (SSSR count). The van der Waals surface area contributed by atoms with Crippen molar-refractivity contribution in [1.82, 2.24) is 5.43 Å². The van der Waals surface area contributed by atoms with Crippen LogP contribution in [0.4, 0.5) is 4.79 Å². The van der Waals surface area contributed by atoms with Crippen LogP contribution in [0.15, 0.2) is 27.9 Å². The lowest BCUT2D eigenvalue weighted by atomic mass is 10.3. The number of nitrogens with zero attached hydrogens (tertiary/aromatic N) is 1. The third-order valence-corrected chi connectivity index (χ3v) is 1.38. The summed E-state index contributed by atoms with van der Waals surface area (Å²) in [6, 6.07) is 3.49. The highest BCUT2D eigenvalue weighted by Crippen LogP contribution is 2.00. The molecule has 5 heteroatoms. The molecule has 0 aliphatic rings. The Kier molecular flexibility index (Phi) is 3.08. The first kappa shape index (κ1) is 9.31. The summed E-state index contributed by atoms with van der Waals surface area (Å²) in [6.07, 6.45) is 0.929. The molecule has 0 aliphatic heterocycles. The Morgan fingerprint density at radius 3 is 3.00 bits per heavy atom. The van der Waals surface area contributed by atoms with Gasteiger partial charge in [-0.2, -0.15) is 5.10 Å². The number of amides is 1. The second kappa shape index (κ2) is 4.30. The van der Waals surface area contributed by atoms with Crippen molar-refractivity contribution in [2.75, 3.05) is 7.11 Å². The van der Waals surface area contributed by atoms with Crippen LogP contribution in [0, 0.1) is 0 Å². The van der Waals surface area contributed by atoms with Gasteiger partial charge in [0, 0.05) is 0 Å². The Bertz CT molecular complexity index is 303. The van der Waals surface area contributed by atoms with Gasteiger partial charge in [-0.3, -0.25) is 0 Å². The Hall–Kier alpha value is -1.78. The minimum absolute atomic E-state index is 0.579. The lowest BCUT2D eigenvalue weighted by molar-refractivity contribution is 0.171. The molecule has 0 fully saturated rings. The van der Waals surface area contributed by atoms with Crippen molar-refractivity contribution >= 4 is 11.8 Å². The number of carbonyl (C=O) groups excluding carboxylic acids is 1. The van der Waals surface area contributed by atoms with E-state index in [9.17, 15) is 4.79 Å². The molecular weight excluding hydrogens is 172 g/mol. The molecule has 1 amide bonds. The fourth-order valence-corrected chi connectivity index (χ4v) is 0.715. The maximum absolute atomic E-state index is 10.6. The molecule has 0 aromatic carbocycles. The summed E-state index contributed by atoms with van der Waals surface area (Å²) in [5.41, 5.74) is 2.77. The lowest BCUT2D eigenvalue weighted by Gasteiger charge is -1.97. The van der Waals surface area contributed by atoms with E-state index < -0.39 is 6.09 Å². The van der Waals surface area contributed by atoms with E-state index in [0.29, 0.717) is 11.5 Å². The van der Waals surface area contributed by atoms with E-state index in [1.165, 1.54) is 13.4 Å². The standard InChI is InChI=1S/C8H10N2O3/c1-6(7-4-3-5-13-7)9-10-8(11)12-2/h3-5H,1-2H3,(H,10,11)/b9-6+. The van der Waals surface area contributed by atoms with Gasteiger partial charge < -0.3 is 9.15 Å². The molecule has 1 aromatic rings. The summed E-state index contributed by atoms with van der Waals surface area (Å²) in [6.45, 7) is 1.72. The van der Waals surface area contributed by atoms with Gasteiger partial charge in [0.1, 0.15) is 11.5 Å². The third kappa shape index (κ3) is 2.62. The minimum atomic E-state index is -0.606. The molecule has 1 aromatic heterocycles. The van der Waals surface area contributed by atoms with Crippen LogP contribution in [0.3, 0.4) is 0 Å². The number of rotatable bonds is 2. The minimum Gasteiger partial charge on any atom is -0.463 e. The van der Waals surface area contributed by atoms with E-state index in [4.69, 9.17) is 4.42 Å². The zero-order valence-corrected chi connectivity index (χ0v) is 7.40. The summed E-state index contributed by atoms with van der Waals surface area (Å²) in [7, 11) is 1.27. The van der Waals surface area contributed by atoms with E-state index in [0.717, 1.165) is 0 Å². The number of hydrazone groups is 1. The Morgan fingerprint density at radius 1 is 1.69 bits per heavy atom. The Labute approximate surface area is 75.4 Å². The van der Waals surface area contributed by atoms with Crippen LogP contribution < -0.4 is 5.43 Å². The van der Waals surface area contributed by atoms with Gasteiger partial charge in [0.25, 0.3) is 0 Å². The number of ether oxygens (including phenoxy) is 1. The van der Waals surface area contributed by atoms with Crippen molar-refractivity contribution in [3.8, 4) is 0 Å². The van der Waals surface area contributed by atoms with Crippen LogP contribution in [-0.4, -0.2) is 18.9 Å². The lowest BCUT2D eigenvalue weighted by Crippen LogP contribution is -2.18. The van der Waals surface area contributed by atoms with E-state index in [1.807, 2.05) is 0 Å². The van der Waals surface area contributed by atoms with E-state index in [1.54, 1.807) is 19.1 Å². The largest absolute Gasteiger partial charge is 0.463 e. The van der Waals surface area contributed by atoms with Crippen LogP contribution in [0.2, 0.25) is 0 Å². The van der Waals surface area contributed by atoms with Gasteiger partial charge in [-0.25, -0.2) is 10.2 Å². The van der Waals surface area contributed by atoms with E-state index in [-0.39, 0.29) is 0 Å². The first-order valence-corrected chi connectivity index (χ1v) is 3.66. The highest BCUT2D eigenvalue weighted by atomic mass is 16.5. The van der Waals surface area contributed by atoms with E-state index >= 15 is 0 Å². The maximum Gasteiger partial charge on any atom is 0.427 e. The molecule has 0 saturated heterocycles. The molecule has 5 nitrogen and oxygen atoms in total. The summed E-state index contributed by atoms with van der Waals surface area (Å²) < 4.78 is 9.37. The van der Waals surface area contributed by atoms with Gasteiger partial charge in [0.15, 0.2) is 0 Å². The first-order valence-electron chi connectivity index (χ1n) is 3.66. The second-order valence-corrected chi connectivity index (χ2v) is 2.28. The molecule has 70 valence electrons. The van der Waals surface area contributed by atoms with Gasteiger partial charge in [-0.05, 0) is 19.1 Å². The third-order valence-electron chi connectivity index (χ3n) is 1.38. The van der Waals surface area contributed by atoms with Crippen LogP contribution in [0.1, 0.15) is 12.7 Å². The molecule has 0 unspecified atom stereocenters. The molecule has 0 aliphatic carbocycles. The first-order chi connectivity index (χ1) is 6.24. The summed E-state index contributed by atoms with van der Waals surface area (Å²) in [5.74, 6) is 0.608. The molecule has 13 heavy (non-hydrogen) atoms. The SMILES string of the molecule is COC(=O)N/N=C(\C)c1ccco1. The zero-order valence-electron chi connectivity index (χ0n) is 7.40. The molecule has 0 bridgehead atoms. The number of carbonyl (C=O) groups is 1. The zero-order chi connectivity index (χ0) is 9.68. The fraction of sp³-hybridized carbons (Fsp3) is 0.250. The normalized spacial score (nSPS) is 11.1. The highest BCUT2D eigenvalue weighted by Gasteiger charge is 2.00. The smallest absolute Gasteiger partial charge is 0.427 e. The van der Waals surface area contributed by atoms with Crippen LogP contribution >= 0.6 is 0 Å². The van der Waals surface area contributed by atoms with Crippen molar-refractivity contribution < 1.29 is 13.9 Å². The summed E-state index contributed by atoms with van der Waals surface area (Å²) in [4.78, 5) is 10.6. The average molecular weight is 182 g/mol. The summed E-state index contributed by atoms with van der Waals surface area (Å²) in [5, 5.41) is 3.74. The monoisotopic (exact) mass is 182 g/mol. The Morgan fingerprint density at radius 2 is 2.46 bits per heavy atom. The number of hydrogen-bond acceptors (Lipinski definition) is 4. The topological polar surface area (TPSA) is 63.8 Å².